The molecule has 164 valence electrons. The van der Waals surface area contributed by atoms with Gasteiger partial charge in [-0.15, -0.1) is 0 Å². The minimum atomic E-state index is -0.953. The number of hydrogen-bond donors (Lipinski definition) is 1. The maximum atomic E-state index is 13.4. The molecule has 1 atom stereocenters. The number of aliphatic hydroxyl groups excluding tert-OH is 1. The van der Waals surface area contributed by atoms with Gasteiger partial charge in [0.25, 0.3) is 5.78 Å². The Kier molecular flexibility index (Phi) is 5.10. The van der Waals surface area contributed by atoms with Gasteiger partial charge in [0.1, 0.15) is 17.3 Å². The van der Waals surface area contributed by atoms with Gasteiger partial charge in [-0.05, 0) is 54.1 Å². The number of hydrogen-bond acceptors (Lipinski definition) is 7. The summed E-state index contributed by atoms with van der Waals surface area (Å²) in [4.78, 5) is 36.2. The van der Waals surface area contributed by atoms with E-state index in [0.717, 1.165) is 4.70 Å². The number of anilines is 1. The Hall–Kier alpha value is -4.11. The van der Waals surface area contributed by atoms with Gasteiger partial charge in [-0.25, -0.2) is 9.37 Å². The molecule has 1 aliphatic heterocycles. The summed E-state index contributed by atoms with van der Waals surface area (Å²) >= 11 is 1.23. The molecule has 7 nitrogen and oxygen atoms in total. The Morgan fingerprint density at radius 2 is 1.94 bits per heavy atom. The van der Waals surface area contributed by atoms with E-state index in [1.165, 1.54) is 46.7 Å². The van der Waals surface area contributed by atoms with Crippen LogP contribution in [0.2, 0.25) is 0 Å². The number of Topliss-reactive ketones (excluding diaryl/α,β-unsaturated/α-hetero) is 1. The van der Waals surface area contributed by atoms with Gasteiger partial charge in [-0.2, -0.15) is 0 Å². The van der Waals surface area contributed by atoms with E-state index < -0.39 is 29.3 Å². The van der Waals surface area contributed by atoms with Crippen LogP contribution in [-0.4, -0.2) is 33.9 Å². The van der Waals surface area contributed by atoms with Crippen LogP contribution in [0.5, 0.6) is 5.75 Å². The zero-order valence-corrected chi connectivity index (χ0v) is 18.0. The fourth-order valence-corrected chi connectivity index (χ4v) is 4.79. The van der Waals surface area contributed by atoms with E-state index in [1.54, 1.807) is 43.6 Å². The summed E-state index contributed by atoms with van der Waals surface area (Å²) in [5, 5.41) is 11.3. The molecular weight excluding hydrogens is 445 g/mol. The molecule has 4 aromatic rings. The summed E-state index contributed by atoms with van der Waals surface area (Å²) < 4.78 is 19.4. The molecular formula is C24H16FN3O4S. The lowest BCUT2D eigenvalue weighted by Crippen LogP contribution is -2.29. The van der Waals surface area contributed by atoms with E-state index >= 15 is 0 Å². The third-order valence-electron chi connectivity index (χ3n) is 5.35. The second kappa shape index (κ2) is 8.10. The monoisotopic (exact) mass is 461 g/mol. The third-order valence-corrected chi connectivity index (χ3v) is 6.37. The summed E-state index contributed by atoms with van der Waals surface area (Å²) in [6.45, 7) is 0. The Bertz CT molecular complexity index is 1420. The number of fused-ring (bicyclic) bond motifs is 1. The molecule has 1 amide bonds. The van der Waals surface area contributed by atoms with E-state index in [1.807, 2.05) is 0 Å². The molecule has 9 heteroatoms. The van der Waals surface area contributed by atoms with Gasteiger partial charge in [0, 0.05) is 18.0 Å². The maximum Gasteiger partial charge on any atom is 0.301 e. The topological polar surface area (TPSA) is 92.6 Å². The second-order valence-electron chi connectivity index (χ2n) is 7.29. The van der Waals surface area contributed by atoms with E-state index in [-0.39, 0.29) is 11.1 Å². The van der Waals surface area contributed by atoms with Crippen LogP contribution in [0.25, 0.3) is 16.0 Å². The van der Waals surface area contributed by atoms with Crippen molar-refractivity contribution in [2.24, 2.45) is 0 Å². The van der Waals surface area contributed by atoms with E-state index in [9.17, 15) is 19.1 Å². The number of benzene rings is 2. The molecule has 1 aliphatic rings. The third kappa shape index (κ3) is 3.52. The summed E-state index contributed by atoms with van der Waals surface area (Å²) in [5.41, 5.74) is 1.27. The van der Waals surface area contributed by atoms with Crippen molar-refractivity contribution in [3.63, 3.8) is 0 Å². The number of nitrogens with zero attached hydrogens (tertiary/aromatic N) is 3. The maximum absolute atomic E-state index is 13.4. The largest absolute Gasteiger partial charge is 0.507 e. The summed E-state index contributed by atoms with van der Waals surface area (Å²) in [7, 11) is 1.56. The molecule has 1 unspecified atom stereocenters. The Labute approximate surface area is 191 Å². The minimum Gasteiger partial charge on any atom is -0.507 e. The fourth-order valence-electron chi connectivity index (χ4n) is 3.77. The predicted molar refractivity (Wildman–Crippen MR) is 122 cm³/mol. The first-order valence-electron chi connectivity index (χ1n) is 9.89. The van der Waals surface area contributed by atoms with Crippen molar-refractivity contribution < 1.29 is 23.8 Å². The normalized spacial score (nSPS) is 17.6. The number of ketones is 1. The summed E-state index contributed by atoms with van der Waals surface area (Å²) in [5.74, 6) is -1.92. The first kappa shape index (κ1) is 20.8. The molecule has 2 aromatic carbocycles. The van der Waals surface area contributed by atoms with E-state index in [0.29, 0.717) is 22.0 Å². The first-order chi connectivity index (χ1) is 16.0. The van der Waals surface area contributed by atoms with Crippen LogP contribution in [-0.2, 0) is 9.59 Å². The first-order valence-corrected chi connectivity index (χ1v) is 10.7. The number of methoxy groups -OCH3 is 1. The van der Waals surface area contributed by atoms with Crippen LogP contribution in [0.4, 0.5) is 9.52 Å². The van der Waals surface area contributed by atoms with Crippen LogP contribution in [0.15, 0.2) is 72.6 Å². The van der Waals surface area contributed by atoms with Gasteiger partial charge in [0.2, 0.25) is 0 Å². The van der Waals surface area contributed by atoms with Crippen molar-refractivity contribution in [3.8, 4) is 5.75 Å². The number of rotatable bonds is 4. The zero-order chi connectivity index (χ0) is 23.1. The number of halogens is 1. The van der Waals surface area contributed by atoms with Crippen molar-refractivity contribution in [2.75, 3.05) is 12.0 Å². The quantitative estimate of drug-likeness (QED) is 0.274. The van der Waals surface area contributed by atoms with Gasteiger partial charge in [-0.3, -0.25) is 19.5 Å². The summed E-state index contributed by atoms with van der Waals surface area (Å²) in [6.07, 6.45) is 3.09. The van der Waals surface area contributed by atoms with Gasteiger partial charge in [-0.1, -0.05) is 17.4 Å². The number of thiazole rings is 1. The van der Waals surface area contributed by atoms with Crippen molar-refractivity contribution in [1.82, 2.24) is 9.97 Å². The van der Waals surface area contributed by atoms with Gasteiger partial charge in [0.05, 0.1) is 28.9 Å². The second-order valence-corrected chi connectivity index (χ2v) is 8.30. The van der Waals surface area contributed by atoms with E-state index in [4.69, 9.17) is 4.74 Å². The SMILES string of the molecule is COc1ccc2nc(N3C(=O)C(=O)/C(=C(/O)c4ccc(F)cc4)C3c3cccnc3)sc2c1. The van der Waals surface area contributed by atoms with Crippen molar-refractivity contribution >= 4 is 44.1 Å². The van der Waals surface area contributed by atoms with Crippen molar-refractivity contribution in [3.05, 3.63) is 89.5 Å². The molecule has 2 aromatic heterocycles. The van der Waals surface area contributed by atoms with E-state index in [2.05, 4.69) is 9.97 Å². The molecule has 3 heterocycles. The number of pyridine rings is 1. The van der Waals surface area contributed by atoms with Gasteiger partial charge >= 0.3 is 5.91 Å². The number of amides is 1. The molecule has 0 radical (unpaired) electrons. The summed E-state index contributed by atoms with van der Waals surface area (Å²) in [6, 6.07) is 12.8. The standard InChI is InChI=1S/C24H16FN3O4S/c1-32-16-8-9-17-18(11-16)33-24(27-17)28-20(14-3-2-10-26-12-14)19(22(30)23(28)31)21(29)13-4-6-15(25)7-5-13/h2-12,20,29H,1H3/b21-19+. The van der Waals surface area contributed by atoms with Crippen molar-refractivity contribution in [1.29, 1.82) is 0 Å². The average molecular weight is 461 g/mol. The minimum absolute atomic E-state index is 0.114. The molecule has 0 saturated carbocycles. The lowest BCUT2D eigenvalue weighted by molar-refractivity contribution is -0.132. The number of ether oxygens (including phenoxy) is 1. The highest BCUT2D eigenvalue weighted by molar-refractivity contribution is 7.22. The lowest BCUT2D eigenvalue weighted by Gasteiger charge is -2.22. The molecule has 1 saturated heterocycles. The molecule has 0 aliphatic carbocycles. The molecule has 0 bridgehead atoms. The smallest absolute Gasteiger partial charge is 0.301 e. The molecule has 0 spiro atoms. The number of carbonyl (C=O) groups is 2. The highest BCUT2D eigenvalue weighted by Gasteiger charge is 2.48. The Morgan fingerprint density at radius 3 is 2.64 bits per heavy atom. The molecule has 1 N–H and O–H groups in total. The predicted octanol–water partition coefficient (Wildman–Crippen LogP) is 4.47. The van der Waals surface area contributed by atoms with Crippen molar-refractivity contribution in [2.45, 2.75) is 6.04 Å². The number of aromatic nitrogens is 2. The highest BCUT2D eigenvalue weighted by atomic mass is 32.1. The number of aliphatic hydroxyl groups is 1. The van der Waals surface area contributed by atoms with Crippen LogP contribution in [0.1, 0.15) is 17.2 Å². The lowest BCUT2D eigenvalue weighted by atomic mass is 9.96. The van der Waals surface area contributed by atoms with Crippen LogP contribution < -0.4 is 9.64 Å². The highest BCUT2D eigenvalue weighted by Crippen LogP contribution is 2.44. The fraction of sp³-hybridized carbons (Fsp3) is 0.0833. The molecule has 33 heavy (non-hydrogen) atoms. The molecule has 1 fully saturated rings. The van der Waals surface area contributed by atoms with Crippen LogP contribution >= 0.6 is 11.3 Å². The van der Waals surface area contributed by atoms with Gasteiger partial charge < -0.3 is 9.84 Å². The van der Waals surface area contributed by atoms with Gasteiger partial charge in [0.15, 0.2) is 5.13 Å². The Morgan fingerprint density at radius 1 is 1.15 bits per heavy atom. The Balaban J connectivity index is 1.71. The zero-order valence-electron chi connectivity index (χ0n) is 17.2. The number of carbonyl (C=O) groups excluding carboxylic acids is 2. The average Bonchev–Trinajstić information content (AvgIpc) is 3.37. The van der Waals surface area contributed by atoms with Crippen LogP contribution in [0.3, 0.4) is 0 Å². The molecule has 5 rings (SSSR count). The van der Waals surface area contributed by atoms with Crippen LogP contribution in [0, 0.1) is 5.82 Å².